The number of rotatable bonds is 31. The number of amides is 9. The SMILES string of the molecule is Cc1c(-c2ccc(-c3ccc4cccc(C(=O)Nc5nc6ccccc6s5)c4c3)nc2C(=O)O)cnn1CC12CC3(C)CC(C)(C1)CC(OCCN(CCC#P=O)C(=O)OCc1ccc(NC(=O)[C@H](CCCNC(N)=O)NC(=O)[C@@H](NC(=O)CCCCCN4C(=O)C=CC4=O)C(C)C)cc1)(C3)C2. The van der Waals surface area contributed by atoms with E-state index in [-0.39, 0.29) is 124 Å². The van der Waals surface area contributed by atoms with Crippen molar-refractivity contribution in [1.29, 1.82) is 0 Å². The third-order valence-corrected chi connectivity index (χ3v) is 21.1. The first-order valence-corrected chi connectivity index (χ1v) is 36.1. The summed E-state index contributed by atoms with van der Waals surface area (Å²) in [6, 6.07) is 26.2. The van der Waals surface area contributed by atoms with E-state index in [1.807, 2.05) is 66.2 Å². The quantitative estimate of drug-likeness (QED) is 0.0121. The number of nitrogens with zero attached hydrogens (tertiary/aromatic N) is 6. The summed E-state index contributed by atoms with van der Waals surface area (Å²) >= 11 is 1.39. The molecule has 2 unspecified atom stereocenters. The molecule has 4 saturated carbocycles. The Kier molecular flexibility index (Phi) is 22.7. The summed E-state index contributed by atoms with van der Waals surface area (Å²) in [5.74, 6) is -4.13. The number of fused-ring (bicyclic) bond motifs is 2. The molecule has 12 rings (SSSR count). The first-order valence-electron chi connectivity index (χ1n) is 34.5. The van der Waals surface area contributed by atoms with Crippen LogP contribution in [0.25, 0.3) is 43.4 Å². The van der Waals surface area contributed by atoms with Crippen LogP contribution in [0.4, 0.5) is 20.4 Å². The number of pyridine rings is 1. The van der Waals surface area contributed by atoms with Gasteiger partial charge in [-0.1, -0.05) is 68.0 Å². The van der Waals surface area contributed by atoms with Crippen molar-refractivity contribution in [1.82, 2.24) is 45.5 Å². The van der Waals surface area contributed by atoms with Gasteiger partial charge in [0, 0.05) is 59.6 Å². The zero-order valence-corrected chi connectivity index (χ0v) is 59.5. The number of carboxylic acids is 1. The van der Waals surface area contributed by atoms with Crippen LogP contribution in [0.1, 0.15) is 143 Å². The fraction of sp³-hybridized carbons (Fsp3) is 0.427. The standard InChI is InChI=1S/C75H85N12O13PS/c1-46(2)63(83-60(88)19-7-6-10-32-86-61(89)28-29-62(86)90)67(93)81-58(17-12-30-77-69(76)96)66(92)79-51-24-20-48(21-25-51)38-99-71(97)85(31-13-35-101-98)33-34-100-75-42-72(4)39-73(5,43-75)41-74(40-72,44-75)45-87-47(3)55(37-78-87)52-26-27-56(80-64(52)68(94)95)50-23-22-49-14-11-15-53(54(49)36-50)65(91)84-70-82-57-16-8-9-18-59(57)102-70/h8-9,11,14-16,18,20-29,36-37,46,58,63H,6-7,10,12-13,17,19,30-34,38-45H2,1-5H3,(H,79,92)(H,81,93)(H,83,88)(H,94,95)(H3,76,77,96)(H,82,84,91)/t58-,63-,72?,73?,74?,75?/m0/s1. The van der Waals surface area contributed by atoms with E-state index in [2.05, 4.69) is 51.0 Å². The van der Waals surface area contributed by atoms with Crippen molar-refractivity contribution >= 4 is 105 Å². The Balaban J connectivity index is 0.700. The van der Waals surface area contributed by atoms with Crippen LogP contribution in [0, 0.1) is 34.7 Å². The normalized spacial score (nSPS) is 20.1. The van der Waals surface area contributed by atoms with Gasteiger partial charge in [-0.15, -0.1) is 0 Å². The van der Waals surface area contributed by atoms with E-state index in [9.17, 15) is 52.8 Å². The van der Waals surface area contributed by atoms with Crippen molar-refractivity contribution in [2.75, 3.05) is 43.4 Å². The van der Waals surface area contributed by atoms with E-state index in [0.717, 1.165) is 64.7 Å². The number of ether oxygens (including phenoxy) is 2. The molecule has 0 spiro atoms. The summed E-state index contributed by atoms with van der Waals surface area (Å²) in [5, 5.41) is 31.5. The van der Waals surface area contributed by atoms with Gasteiger partial charge in [-0.05, 0) is 85.7 Å². The average Bonchev–Trinajstić information content (AvgIpc) is 0.972. The Morgan fingerprint density at radius 1 is 0.804 bits per heavy atom. The van der Waals surface area contributed by atoms with E-state index in [1.165, 1.54) is 28.4 Å². The number of hydrogen-bond acceptors (Lipinski definition) is 16. The van der Waals surface area contributed by atoms with Gasteiger partial charge in [0.25, 0.3) is 17.7 Å². The topological polar surface area (TPSA) is 346 Å². The molecule has 0 saturated heterocycles. The zero-order valence-electron chi connectivity index (χ0n) is 57.8. The van der Waals surface area contributed by atoms with E-state index in [1.54, 1.807) is 62.5 Å². The maximum absolute atomic E-state index is 14.0. The van der Waals surface area contributed by atoms with Crippen LogP contribution >= 0.6 is 19.3 Å². The van der Waals surface area contributed by atoms with Gasteiger partial charge in [-0.25, -0.2) is 19.6 Å². The molecule has 0 radical (unpaired) electrons. The molecule has 4 bridgehead atoms. The summed E-state index contributed by atoms with van der Waals surface area (Å²) in [5.41, 5.74) is 12.2. The fourth-order valence-corrected chi connectivity index (χ4v) is 17.4. The number of benzene rings is 4. The third kappa shape index (κ3) is 17.5. The van der Waals surface area contributed by atoms with Crippen molar-refractivity contribution in [3.05, 3.63) is 138 Å². The van der Waals surface area contributed by atoms with Crippen LogP contribution in [0.2, 0.25) is 0 Å². The number of thiazole rings is 1. The molecule has 4 heterocycles. The van der Waals surface area contributed by atoms with Crippen molar-refractivity contribution in [2.24, 2.45) is 27.9 Å². The van der Waals surface area contributed by atoms with Crippen molar-refractivity contribution in [3.8, 4) is 28.0 Å². The summed E-state index contributed by atoms with van der Waals surface area (Å²) in [6.45, 7) is 11.6. The number of carboxylic acid groups (broad SMARTS) is 1. The van der Waals surface area contributed by atoms with Crippen LogP contribution in [0.5, 0.6) is 0 Å². The van der Waals surface area contributed by atoms with Gasteiger partial charge in [0.1, 0.15) is 12.1 Å². The number of unbranched alkanes of at least 4 members (excludes halogenated alkanes) is 2. The van der Waals surface area contributed by atoms with Crippen LogP contribution < -0.4 is 32.3 Å². The molecule has 102 heavy (non-hydrogen) atoms. The van der Waals surface area contributed by atoms with Gasteiger partial charge in [0.15, 0.2) is 10.8 Å². The van der Waals surface area contributed by atoms with Crippen molar-refractivity contribution in [2.45, 2.75) is 149 Å². The first kappa shape index (κ1) is 73.4. The number of primary amides is 1. The molecular weight excluding hydrogens is 1340 g/mol. The summed E-state index contributed by atoms with van der Waals surface area (Å²) in [4.78, 5) is 129. The van der Waals surface area contributed by atoms with Crippen LogP contribution in [-0.2, 0) is 51.2 Å². The molecule has 9 amide bonds. The molecule has 1 aliphatic heterocycles. The maximum atomic E-state index is 14.0. The number of para-hydroxylation sites is 1. The van der Waals surface area contributed by atoms with Gasteiger partial charge in [-0.2, -0.15) is 5.10 Å². The first-order chi connectivity index (χ1) is 48.8. The molecule has 4 aliphatic carbocycles. The summed E-state index contributed by atoms with van der Waals surface area (Å²) in [6.07, 6.45) is 11.1. The molecule has 8 N–H and O–H groups in total. The summed E-state index contributed by atoms with van der Waals surface area (Å²) in [7, 11) is -0.293. The number of carbonyl (C=O) groups is 9. The zero-order chi connectivity index (χ0) is 72.5. The molecule has 25 nitrogen and oxygen atoms in total. The second kappa shape index (κ2) is 31.6. The molecular formula is C75H85N12O13PS. The molecule has 7 aromatic rings. The number of imide groups is 1. The minimum atomic E-state index is -1.19. The van der Waals surface area contributed by atoms with Crippen LogP contribution in [0.15, 0.2) is 115 Å². The van der Waals surface area contributed by atoms with Crippen molar-refractivity contribution in [3.63, 3.8) is 0 Å². The van der Waals surface area contributed by atoms with Gasteiger partial charge in [-0.3, -0.25) is 39.0 Å². The molecule has 4 aromatic carbocycles. The molecule has 27 heteroatoms. The van der Waals surface area contributed by atoms with Crippen LogP contribution in [0.3, 0.4) is 0 Å². The van der Waals surface area contributed by atoms with E-state index >= 15 is 0 Å². The van der Waals surface area contributed by atoms with Gasteiger partial charge < -0.3 is 26.8 Å². The monoisotopic (exact) mass is 1420 g/mol. The predicted octanol–water partition coefficient (Wildman–Crippen LogP) is 11.5. The average molecular weight is 1430 g/mol. The van der Waals surface area contributed by atoms with Crippen molar-refractivity contribution < 1.29 is 62.3 Å². The predicted molar refractivity (Wildman–Crippen MR) is 385 cm³/mol. The fourth-order valence-electron chi connectivity index (χ4n) is 16.3. The number of aromatic carboxylic acids is 1. The molecule has 4 atom stereocenters. The molecule has 534 valence electrons. The van der Waals surface area contributed by atoms with E-state index in [4.69, 9.17) is 25.3 Å². The Bertz CT molecular complexity index is 4480. The number of nitrogens with one attached hydrogen (secondary N) is 5. The number of aromatic nitrogens is 4. The Labute approximate surface area is 595 Å². The Morgan fingerprint density at radius 3 is 2.27 bits per heavy atom. The van der Waals surface area contributed by atoms with E-state index in [0.29, 0.717) is 75.5 Å². The summed E-state index contributed by atoms with van der Waals surface area (Å²) < 4.78 is 27.4. The van der Waals surface area contributed by atoms with E-state index < -0.39 is 47.6 Å². The number of carbonyl (C=O) groups excluding carboxylic acids is 8. The Hall–Kier alpha value is -9.87. The third-order valence-electron chi connectivity index (χ3n) is 19.8. The van der Waals surface area contributed by atoms with Gasteiger partial charge in [0.2, 0.25) is 17.7 Å². The number of hydrogen-bond donors (Lipinski definition) is 7. The second-order valence-electron chi connectivity index (χ2n) is 28.6. The molecule has 5 aliphatic rings. The van der Waals surface area contributed by atoms with Gasteiger partial charge >= 0.3 is 214 Å². The minimum absolute atomic E-state index is 0.0490. The van der Waals surface area contributed by atoms with Gasteiger partial charge in [0.05, 0.1) is 22.1 Å². The Morgan fingerprint density at radius 2 is 1.56 bits per heavy atom. The second-order valence-corrected chi connectivity index (χ2v) is 30.1. The molecule has 3 aromatic heterocycles. The number of anilines is 2. The number of urea groups is 1. The molecule has 4 fully saturated rings. The number of nitrogens with two attached hydrogens (primary N) is 1. The van der Waals surface area contributed by atoms with Crippen LogP contribution in [-0.4, -0.2) is 139 Å².